The summed E-state index contributed by atoms with van der Waals surface area (Å²) in [7, 11) is -1.59. The molecule has 0 fully saturated rings. The Morgan fingerprint density at radius 3 is 2.59 bits per heavy atom. The molecule has 0 heterocycles. The van der Waals surface area contributed by atoms with Crippen molar-refractivity contribution in [3.63, 3.8) is 0 Å². The van der Waals surface area contributed by atoms with Crippen LogP contribution in [0.25, 0.3) is 0 Å². The molecule has 0 atom stereocenters. The molecule has 3 N–H and O–H groups in total. The van der Waals surface area contributed by atoms with E-state index in [1.807, 2.05) is 43.1 Å². The molecule has 0 spiro atoms. The van der Waals surface area contributed by atoms with Crippen LogP contribution in [-0.2, 0) is 16.6 Å². The topological polar surface area (TPSA) is 87.8 Å². The highest BCUT2D eigenvalue weighted by atomic mass is 127. The SMILES string of the molecule is CCNC(=NCCS(N)(=O)=O)N(C)Cc1ccccc1Br.I. The summed E-state index contributed by atoms with van der Waals surface area (Å²) in [6.07, 6.45) is 0. The molecule has 0 amide bonds. The molecule has 0 aliphatic heterocycles. The third-order valence-electron chi connectivity index (χ3n) is 2.70. The molecule has 0 unspecified atom stereocenters. The van der Waals surface area contributed by atoms with Crippen molar-refractivity contribution in [2.24, 2.45) is 10.1 Å². The highest BCUT2D eigenvalue weighted by molar-refractivity contribution is 14.0. The second kappa shape index (κ2) is 10.4. The van der Waals surface area contributed by atoms with Gasteiger partial charge in [-0.2, -0.15) is 0 Å². The zero-order valence-corrected chi connectivity index (χ0v) is 17.4. The van der Waals surface area contributed by atoms with Crippen molar-refractivity contribution in [1.82, 2.24) is 10.2 Å². The largest absolute Gasteiger partial charge is 0.357 e. The minimum atomic E-state index is -3.49. The van der Waals surface area contributed by atoms with Gasteiger partial charge in [-0.3, -0.25) is 4.99 Å². The van der Waals surface area contributed by atoms with Crippen LogP contribution in [0.1, 0.15) is 12.5 Å². The second-order valence-electron chi connectivity index (χ2n) is 4.55. The van der Waals surface area contributed by atoms with Gasteiger partial charge in [-0.15, -0.1) is 24.0 Å². The number of aliphatic imine (C=N–C) groups is 1. The first-order valence-corrected chi connectivity index (χ1v) is 9.07. The highest BCUT2D eigenvalue weighted by Gasteiger charge is 2.09. The van der Waals surface area contributed by atoms with Crippen molar-refractivity contribution in [2.45, 2.75) is 13.5 Å². The molecule has 126 valence electrons. The van der Waals surface area contributed by atoms with Gasteiger partial charge >= 0.3 is 0 Å². The lowest BCUT2D eigenvalue weighted by atomic mass is 10.2. The third-order valence-corrected chi connectivity index (χ3v) is 4.22. The van der Waals surface area contributed by atoms with Crippen molar-refractivity contribution in [3.05, 3.63) is 34.3 Å². The molecular formula is C13H22BrIN4O2S. The molecule has 1 rings (SSSR count). The number of nitrogens with zero attached hydrogens (tertiary/aromatic N) is 2. The summed E-state index contributed by atoms with van der Waals surface area (Å²) < 4.78 is 22.9. The number of sulfonamides is 1. The van der Waals surface area contributed by atoms with Crippen LogP contribution in [0.5, 0.6) is 0 Å². The van der Waals surface area contributed by atoms with Gasteiger partial charge in [-0.1, -0.05) is 34.1 Å². The third kappa shape index (κ3) is 8.30. The summed E-state index contributed by atoms with van der Waals surface area (Å²) in [5, 5.41) is 8.11. The summed E-state index contributed by atoms with van der Waals surface area (Å²) >= 11 is 3.51. The van der Waals surface area contributed by atoms with Crippen LogP contribution in [0.3, 0.4) is 0 Å². The average Bonchev–Trinajstić information content (AvgIpc) is 2.39. The summed E-state index contributed by atoms with van der Waals surface area (Å²) in [5.41, 5.74) is 1.12. The molecular weight excluding hydrogens is 483 g/mol. The number of hydrogen-bond donors (Lipinski definition) is 2. The Kier molecular flexibility index (Phi) is 10.2. The maximum Gasteiger partial charge on any atom is 0.210 e. The fourth-order valence-electron chi connectivity index (χ4n) is 1.71. The molecule has 9 heteroatoms. The lowest BCUT2D eigenvalue weighted by Gasteiger charge is -2.22. The molecule has 0 saturated heterocycles. The predicted molar refractivity (Wildman–Crippen MR) is 105 cm³/mol. The van der Waals surface area contributed by atoms with Gasteiger partial charge in [0.2, 0.25) is 10.0 Å². The van der Waals surface area contributed by atoms with E-state index in [4.69, 9.17) is 5.14 Å². The molecule has 0 radical (unpaired) electrons. The number of halogens is 2. The minimum Gasteiger partial charge on any atom is -0.357 e. The van der Waals surface area contributed by atoms with E-state index in [2.05, 4.69) is 26.2 Å². The van der Waals surface area contributed by atoms with Crippen LogP contribution in [0, 0.1) is 0 Å². The van der Waals surface area contributed by atoms with Gasteiger partial charge in [0.25, 0.3) is 0 Å². The maximum absolute atomic E-state index is 10.9. The number of nitrogens with two attached hydrogens (primary N) is 1. The monoisotopic (exact) mass is 504 g/mol. The van der Waals surface area contributed by atoms with Crippen LogP contribution in [0.2, 0.25) is 0 Å². The van der Waals surface area contributed by atoms with E-state index in [-0.39, 0.29) is 36.3 Å². The first kappa shape index (κ1) is 21.6. The molecule has 22 heavy (non-hydrogen) atoms. The van der Waals surface area contributed by atoms with E-state index in [1.54, 1.807) is 0 Å². The molecule has 6 nitrogen and oxygen atoms in total. The Bertz CT molecular complexity index is 595. The second-order valence-corrected chi connectivity index (χ2v) is 7.14. The smallest absolute Gasteiger partial charge is 0.210 e. The summed E-state index contributed by atoms with van der Waals surface area (Å²) in [4.78, 5) is 6.22. The number of primary sulfonamides is 1. The molecule has 0 saturated carbocycles. The summed E-state index contributed by atoms with van der Waals surface area (Å²) in [5.74, 6) is 0.488. The Balaban J connectivity index is 0.00000441. The van der Waals surface area contributed by atoms with E-state index in [1.165, 1.54) is 0 Å². The van der Waals surface area contributed by atoms with E-state index in [0.29, 0.717) is 19.0 Å². The minimum absolute atomic E-state index is 0. The van der Waals surface area contributed by atoms with Crippen LogP contribution < -0.4 is 10.5 Å². The van der Waals surface area contributed by atoms with Crippen molar-refractivity contribution in [1.29, 1.82) is 0 Å². The highest BCUT2D eigenvalue weighted by Crippen LogP contribution is 2.17. The van der Waals surface area contributed by atoms with Gasteiger partial charge in [0.15, 0.2) is 5.96 Å². The molecule has 1 aromatic rings. The molecule has 1 aromatic carbocycles. The van der Waals surface area contributed by atoms with Gasteiger partial charge < -0.3 is 10.2 Å². The van der Waals surface area contributed by atoms with E-state index >= 15 is 0 Å². The first-order valence-electron chi connectivity index (χ1n) is 6.57. The number of benzene rings is 1. The molecule has 0 bridgehead atoms. The summed E-state index contributed by atoms with van der Waals surface area (Å²) in [6.45, 7) is 3.46. The Morgan fingerprint density at radius 1 is 1.41 bits per heavy atom. The van der Waals surface area contributed by atoms with Crippen molar-refractivity contribution < 1.29 is 8.42 Å². The van der Waals surface area contributed by atoms with Crippen molar-refractivity contribution >= 4 is 55.9 Å². The normalized spacial score (nSPS) is 11.7. The molecule has 0 aliphatic carbocycles. The maximum atomic E-state index is 10.9. The van der Waals surface area contributed by atoms with Crippen molar-refractivity contribution in [3.8, 4) is 0 Å². The lowest BCUT2D eigenvalue weighted by Crippen LogP contribution is -2.39. The van der Waals surface area contributed by atoms with Crippen LogP contribution >= 0.6 is 39.9 Å². The van der Waals surface area contributed by atoms with Crippen molar-refractivity contribution in [2.75, 3.05) is 25.9 Å². The number of hydrogen-bond acceptors (Lipinski definition) is 3. The Labute approximate surface area is 157 Å². The Hall–Kier alpha value is -0.390. The predicted octanol–water partition coefficient (Wildman–Crippen LogP) is 1.75. The fourth-order valence-corrected chi connectivity index (χ4v) is 2.46. The van der Waals surface area contributed by atoms with Gasteiger partial charge in [0.05, 0.1) is 12.3 Å². The number of nitrogens with one attached hydrogen (secondary N) is 1. The van der Waals surface area contributed by atoms with Gasteiger partial charge in [-0.05, 0) is 18.6 Å². The van der Waals surface area contributed by atoms with Gasteiger partial charge in [0, 0.05) is 24.6 Å². The number of guanidine groups is 1. The van der Waals surface area contributed by atoms with Gasteiger partial charge in [0.1, 0.15) is 0 Å². The van der Waals surface area contributed by atoms with Crippen LogP contribution in [0.4, 0.5) is 0 Å². The average molecular weight is 505 g/mol. The Morgan fingerprint density at radius 2 is 2.05 bits per heavy atom. The fraction of sp³-hybridized carbons (Fsp3) is 0.462. The quantitative estimate of drug-likeness (QED) is 0.351. The van der Waals surface area contributed by atoms with E-state index in [0.717, 1.165) is 10.0 Å². The van der Waals surface area contributed by atoms with Crippen LogP contribution in [-0.4, -0.2) is 45.2 Å². The lowest BCUT2D eigenvalue weighted by molar-refractivity contribution is 0.476. The van der Waals surface area contributed by atoms with E-state index < -0.39 is 10.0 Å². The van der Waals surface area contributed by atoms with E-state index in [9.17, 15) is 8.42 Å². The number of rotatable bonds is 6. The summed E-state index contributed by atoms with van der Waals surface area (Å²) in [6, 6.07) is 7.93. The standard InChI is InChI=1S/C13H21BrN4O2S.HI/c1-3-16-13(17-8-9-21(15,19)20)18(2)10-11-6-4-5-7-12(11)14;/h4-7H,3,8-10H2,1-2H3,(H,16,17)(H2,15,19,20);1H. The zero-order chi connectivity index (χ0) is 15.9. The van der Waals surface area contributed by atoms with Crippen LogP contribution in [0.15, 0.2) is 33.7 Å². The molecule has 0 aliphatic rings. The first-order chi connectivity index (χ1) is 9.83. The van der Waals surface area contributed by atoms with Gasteiger partial charge in [-0.25, -0.2) is 13.6 Å². The zero-order valence-electron chi connectivity index (χ0n) is 12.6. The molecule has 0 aromatic heterocycles.